The van der Waals surface area contributed by atoms with Crippen LogP contribution in [0.3, 0.4) is 0 Å². The Balaban J connectivity index is 4.44. The number of esters is 1. The second-order valence-electron chi connectivity index (χ2n) is 2.88. The van der Waals surface area contributed by atoms with Crippen molar-refractivity contribution in [1.29, 1.82) is 0 Å². The van der Waals surface area contributed by atoms with Crippen LogP contribution in [-0.4, -0.2) is 49.9 Å². The first kappa shape index (κ1) is 15.2. The van der Waals surface area contributed by atoms with Gasteiger partial charge < -0.3 is 14.2 Å². The molecule has 7 heteroatoms. The van der Waals surface area contributed by atoms with E-state index in [0.717, 1.165) is 4.90 Å². The standard InChI is InChI=1S/C10H17NO6/c1-4-16-9(13)11(10(14)17-5-2)7-6-8(12)15-3/h4-7H2,1-3H3. The second kappa shape index (κ2) is 8.37. The van der Waals surface area contributed by atoms with Crippen LogP contribution in [0.2, 0.25) is 0 Å². The van der Waals surface area contributed by atoms with Crippen LogP contribution in [0.15, 0.2) is 0 Å². The Morgan fingerprint density at radius 1 is 1.00 bits per heavy atom. The lowest BCUT2D eigenvalue weighted by Crippen LogP contribution is -2.39. The molecule has 0 aliphatic rings. The Labute approximate surface area is 99.6 Å². The molecule has 0 heterocycles. The fraction of sp³-hybridized carbons (Fsp3) is 0.700. The van der Waals surface area contributed by atoms with E-state index in [2.05, 4.69) is 14.2 Å². The van der Waals surface area contributed by atoms with Crippen molar-refractivity contribution in [3.05, 3.63) is 0 Å². The normalized spacial score (nSPS) is 9.35. The van der Waals surface area contributed by atoms with E-state index in [1.165, 1.54) is 7.11 Å². The van der Waals surface area contributed by atoms with Gasteiger partial charge in [0.15, 0.2) is 0 Å². The van der Waals surface area contributed by atoms with Gasteiger partial charge in [0, 0.05) is 6.54 Å². The Morgan fingerprint density at radius 3 is 1.82 bits per heavy atom. The summed E-state index contributed by atoms with van der Waals surface area (Å²) in [5.41, 5.74) is 0. The van der Waals surface area contributed by atoms with E-state index in [4.69, 9.17) is 0 Å². The van der Waals surface area contributed by atoms with Crippen molar-refractivity contribution < 1.29 is 28.6 Å². The van der Waals surface area contributed by atoms with Gasteiger partial charge in [0.05, 0.1) is 26.7 Å². The predicted molar refractivity (Wildman–Crippen MR) is 57.4 cm³/mol. The van der Waals surface area contributed by atoms with Gasteiger partial charge in [0.25, 0.3) is 0 Å². The largest absolute Gasteiger partial charge is 0.469 e. The molecular formula is C10H17NO6. The summed E-state index contributed by atoms with van der Waals surface area (Å²) in [6.45, 7) is 3.35. The van der Waals surface area contributed by atoms with Gasteiger partial charge in [-0.05, 0) is 13.8 Å². The quantitative estimate of drug-likeness (QED) is 0.535. The topological polar surface area (TPSA) is 82.1 Å². The van der Waals surface area contributed by atoms with Gasteiger partial charge in [-0.15, -0.1) is 0 Å². The van der Waals surface area contributed by atoms with Gasteiger partial charge >= 0.3 is 18.2 Å². The molecule has 0 aromatic rings. The van der Waals surface area contributed by atoms with Crippen molar-refractivity contribution in [2.45, 2.75) is 20.3 Å². The number of carbonyl (C=O) groups is 3. The smallest absolute Gasteiger partial charge is 0.419 e. The predicted octanol–water partition coefficient (Wildman–Crippen LogP) is 1.16. The van der Waals surface area contributed by atoms with Gasteiger partial charge in [-0.1, -0.05) is 0 Å². The van der Waals surface area contributed by atoms with E-state index in [1.54, 1.807) is 13.8 Å². The average molecular weight is 247 g/mol. The zero-order chi connectivity index (χ0) is 13.3. The van der Waals surface area contributed by atoms with Crippen LogP contribution >= 0.6 is 0 Å². The Morgan fingerprint density at radius 2 is 1.47 bits per heavy atom. The molecule has 0 fully saturated rings. The molecule has 17 heavy (non-hydrogen) atoms. The molecule has 0 aromatic heterocycles. The summed E-state index contributed by atoms with van der Waals surface area (Å²) in [6, 6.07) is 0. The molecule has 0 saturated carbocycles. The first-order valence-electron chi connectivity index (χ1n) is 5.24. The number of methoxy groups -OCH3 is 1. The molecule has 0 aromatic carbocycles. The molecule has 0 radical (unpaired) electrons. The highest BCUT2D eigenvalue weighted by molar-refractivity contribution is 5.88. The minimum atomic E-state index is -0.838. The van der Waals surface area contributed by atoms with E-state index in [9.17, 15) is 14.4 Å². The van der Waals surface area contributed by atoms with Gasteiger partial charge in [0.1, 0.15) is 0 Å². The molecule has 0 aliphatic carbocycles. The minimum absolute atomic E-state index is 0.103. The third kappa shape index (κ3) is 5.74. The van der Waals surface area contributed by atoms with Gasteiger partial charge in [-0.3, -0.25) is 4.79 Å². The molecule has 2 amide bonds. The van der Waals surface area contributed by atoms with E-state index in [0.29, 0.717) is 0 Å². The molecule has 0 aliphatic heterocycles. The highest BCUT2D eigenvalue weighted by atomic mass is 16.6. The first-order valence-corrected chi connectivity index (χ1v) is 5.24. The Bertz CT molecular complexity index is 260. The average Bonchev–Trinajstić information content (AvgIpc) is 2.29. The number of nitrogens with zero attached hydrogens (tertiary/aromatic N) is 1. The van der Waals surface area contributed by atoms with Crippen LogP contribution in [0.5, 0.6) is 0 Å². The summed E-state index contributed by atoms with van der Waals surface area (Å²) < 4.78 is 13.8. The lowest BCUT2D eigenvalue weighted by atomic mass is 10.4. The third-order valence-electron chi connectivity index (χ3n) is 1.74. The highest BCUT2D eigenvalue weighted by Crippen LogP contribution is 2.01. The number of imide groups is 1. The van der Waals surface area contributed by atoms with Crippen LogP contribution in [0.1, 0.15) is 20.3 Å². The molecule has 0 bridgehead atoms. The van der Waals surface area contributed by atoms with Crippen LogP contribution in [0, 0.1) is 0 Å². The lowest BCUT2D eigenvalue weighted by Gasteiger charge is -2.18. The van der Waals surface area contributed by atoms with Gasteiger partial charge in [-0.25, -0.2) is 14.5 Å². The second-order valence-corrected chi connectivity index (χ2v) is 2.88. The van der Waals surface area contributed by atoms with E-state index in [-0.39, 0.29) is 26.2 Å². The summed E-state index contributed by atoms with van der Waals surface area (Å²) in [6.07, 6.45) is -1.78. The van der Waals surface area contributed by atoms with Crippen LogP contribution in [-0.2, 0) is 19.0 Å². The number of carbonyl (C=O) groups excluding carboxylic acids is 3. The molecular weight excluding hydrogens is 230 g/mol. The zero-order valence-corrected chi connectivity index (χ0v) is 10.2. The molecule has 0 rings (SSSR count). The van der Waals surface area contributed by atoms with Gasteiger partial charge in [-0.2, -0.15) is 0 Å². The van der Waals surface area contributed by atoms with Crippen LogP contribution in [0.4, 0.5) is 9.59 Å². The van der Waals surface area contributed by atoms with Crippen molar-refractivity contribution in [2.24, 2.45) is 0 Å². The van der Waals surface area contributed by atoms with E-state index >= 15 is 0 Å². The minimum Gasteiger partial charge on any atom is -0.469 e. The summed E-state index contributed by atoms with van der Waals surface area (Å²) in [4.78, 5) is 34.5. The van der Waals surface area contributed by atoms with Gasteiger partial charge in [0.2, 0.25) is 0 Å². The Hall–Kier alpha value is -1.79. The zero-order valence-electron chi connectivity index (χ0n) is 10.2. The summed E-state index contributed by atoms with van der Waals surface area (Å²) in [5.74, 6) is -0.524. The molecule has 0 spiro atoms. The van der Waals surface area contributed by atoms with E-state index in [1.807, 2.05) is 0 Å². The van der Waals surface area contributed by atoms with Crippen molar-refractivity contribution in [1.82, 2.24) is 4.90 Å². The fourth-order valence-corrected chi connectivity index (χ4v) is 0.965. The lowest BCUT2D eigenvalue weighted by molar-refractivity contribution is -0.140. The van der Waals surface area contributed by atoms with Crippen molar-refractivity contribution >= 4 is 18.2 Å². The molecule has 0 saturated heterocycles. The fourth-order valence-electron chi connectivity index (χ4n) is 0.965. The van der Waals surface area contributed by atoms with Crippen molar-refractivity contribution in [3.63, 3.8) is 0 Å². The summed E-state index contributed by atoms with van der Waals surface area (Å²) >= 11 is 0. The third-order valence-corrected chi connectivity index (χ3v) is 1.74. The summed E-state index contributed by atoms with van der Waals surface area (Å²) in [5, 5.41) is 0. The van der Waals surface area contributed by atoms with Crippen molar-refractivity contribution in [3.8, 4) is 0 Å². The summed E-state index contributed by atoms with van der Waals surface area (Å²) in [7, 11) is 1.22. The van der Waals surface area contributed by atoms with E-state index < -0.39 is 18.2 Å². The number of ether oxygens (including phenoxy) is 3. The molecule has 0 N–H and O–H groups in total. The Kier molecular flexibility index (Phi) is 7.49. The number of hydrogen-bond donors (Lipinski definition) is 0. The molecule has 0 atom stereocenters. The first-order chi connectivity index (χ1) is 8.06. The maximum Gasteiger partial charge on any atom is 0.419 e. The maximum absolute atomic E-state index is 11.4. The van der Waals surface area contributed by atoms with Crippen LogP contribution in [0.25, 0.3) is 0 Å². The number of amides is 2. The molecule has 7 nitrogen and oxygen atoms in total. The SMILES string of the molecule is CCOC(=O)N(CCC(=O)OC)C(=O)OCC. The highest BCUT2D eigenvalue weighted by Gasteiger charge is 2.24. The van der Waals surface area contributed by atoms with Crippen molar-refractivity contribution in [2.75, 3.05) is 26.9 Å². The van der Waals surface area contributed by atoms with Crippen LogP contribution < -0.4 is 0 Å². The number of rotatable bonds is 5. The monoisotopic (exact) mass is 247 g/mol. The number of hydrogen-bond acceptors (Lipinski definition) is 6. The molecule has 98 valence electrons. The maximum atomic E-state index is 11.4. The molecule has 0 unspecified atom stereocenters.